The molecule has 1 aliphatic rings. The molecule has 4 rings (SSSR count). The number of nitrogens with zero attached hydrogens (tertiary/aromatic N) is 4. The van der Waals surface area contributed by atoms with Crippen LogP contribution in [-0.2, 0) is 6.54 Å². The maximum Gasteiger partial charge on any atom is 0.252 e. The summed E-state index contributed by atoms with van der Waals surface area (Å²) in [5, 5.41) is 4.16. The summed E-state index contributed by atoms with van der Waals surface area (Å²) in [5.74, 6) is 1.52. The van der Waals surface area contributed by atoms with Gasteiger partial charge in [-0.1, -0.05) is 56.3 Å². The van der Waals surface area contributed by atoms with Crippen LogP contribution in [0, 0.1) is 5.92 Å². The third kappa shape index (κ3) is 6.51. The van der Waals surface area contributed by atoms with E-state index >= 15 is 0 Å². The summed E-state index contributed by atoms with van der Waals surface area (Å²) >= 11 is 6.42. The highest BCUT2D eigenvalue weighted by molar-refractivity contribution is 6.31. The highest BCUT2D eigenvalue weighted by Gasteiger charge is 2.17. The fraction of sp³-hybridized carbons (Fsp3) is 0.333. The smallest absolute Gasteiger partial charge is 0.252 e. The number of benzene rings is 2. The van der Waals surface area contributed by atoms with E-state index in [1.807, 2.05) is 24.3 Å². The molecule has 1 N–H and O–H groups in total. The molecule has 1 saturated heterocycles. The van der Waals surface area contributed by atoms with Gasteiger partial charge in [-0.3, -0.25) is 9.36 Å². The molecule has 3 aromatic rings. The van der Waals surface area contributed by atoms with Crippen molar-refractivity contribution in [2.45, 2.75) is 26.8 Å². The number of piperazine rings is 1. The van der Waals surface area contributed by atoms with Crippen LogP contribution in [0.1, 0.15) is 31.4 Å². The molecule has 0 amide bonds. The summed E-state index contributed by atoms with van der Waals surface area (Å²) in [6.07, 6.45) is 2.64. The first-order valence-corrected chi connectivity index (χ1v) is 13.3. The molecule has 2 heterocycles. The molecule has 37 heavy (non-hydrogen) atoms. The molecule has 1 fully saturated rings. The van der Waals surface area contributed by atoms with Crippen LogP contribution in [0.25, 0.3) is 6.08 Å². The Balaban J connectivity index is 1.67. The van der Waals surface area contributed by atoms with E-state index in [4.69, 9.17) is 16.6 Å². The molecular weight excluding hydrogens is 482 g/mol. The van der Waals surface area contributed by atoms with Crippen molar-refractivity contribution in [1.82, 2.24) is 9.47 Å². The maximum absolute atomic E-state index is 13.0. The predicted molar refractivity (Wildman–Crippen MR) is 158 cm³/mol. The highest BCUT2D eigenvalue weighted by atomic mass is 35.5. The minimum atomic E-state index is -0.135. The van der Waals surface area contributed by atoms with Gasteiger partial charge in [0.15, 0.2) is 0 Å². The van der Waals surface area contributed by atoms with Gasteiger partial charge in [0.2, 0.25) is 0 Å². The van der Waals surface area contributed by atoms with Crippen LogP contribution in [0.3, 0.4) is 0 Å². The number of nitrogens with one attached hydrogen (secondary N) is 1. The lowest BCUT2D eigenvalue weighted by Gasteiger charge is -2.34. The molecule has 0 bridgehead atoms. The number of rotatable bonds is 8. The Morgan fingerprint density at radius 2 is 1.78 bits per heavy atom. The summed E-state index contributed by atoms with van der Waals surface area (Å²) in [6.45, 7) is 12.8. The van der Waals surface area contributed by atoms with Gasteiger partial charge in [-0.05, 0) is 55.4 Å². The van der Waals surface area contributed by atoms with E-state index in [0.29, 0.717) is 17.4 Å². The number of pyridine rings is 1. The van der Waals surface area contributed by atoms with Crippen LogP contribution in [0.4, 0.5) is 17.2 Å². The summed E-state index contributed by atoms with van der Waals surface area (Å²) in [6, 6.07) is 19.4. The third-order valence-corrected chi connectivity index (χ3v) is 7.37. The van der Waals surface area contributed by atoms with Crippen molar-refractivity contribution in [2.75, 3.05) is 43.4 Å². The number of anilines is 2. The van der Waals surface area contributed by atoms with Crippen molar-refractivity contribution in [1.29, 1.82) is 0 Å². The Morgan fingerprint density at radius 3 is 2.43 bits per heavy atom. The summed E-state index contributed by atoms with van der Waals surface area (Å²) in [7, 11) is 2.17. The van der Waals surface area contributed by atoms with Gasteiger partial charge in [-0.15, -0.1) is 0 Å². The summed E-state index contributed by atoms with van der Waals surface area (Å²) in [5.41, 5.74) is 3.71. The zero-order chi connectivity index (χ0) is 26.4. The first kappa shape index (κ1) is 26.7. The molecule has 194 valence electrons. The average Bonchev–Trinajstić information content (AvgIpc) is 2.91. The fourth-order valence-corrected chi connectivity index (χ4v) is 4.55. The minimum absolute atomic E-state index is 0.135. The molecule has 1 aliphatic heterocycles. The molecule has 0 aliphatic carbocycles. The zero-order valence-corrected chi connectivity index (χ0v) is 22.7. The number of aromatic nitrogens is 1. The SMILES string of the molecule is C=Cc1ccc(=O)n(Cc2ccccc2Cl)c1N=C(Nc1ccc(N2CCN(C)CC2)cc1)C(C)CC. The molecule has 1 unspecified atom stereocenters. The molecule has 2 aromatic carbocycles. The van der Waals surface area contributed by atoms with E-state index in [1.165, 1.54) is 5.69 Å². The van der Waals surface area contributed by atoms with Crippen LogP contribution in [-0.4, -0.2) is 48.5 Å². The second-order valence-corrected chi connectivity index (χ2v) is 10.0. The van der Waals surface area contributed by atoms with Crippen molar-refractivity contribution >= 4 is 40.7 Å². The van der Waals surface area contributed by atoms with E-state index in [2.05, 4.69) is 66.9 Å². The topological polar surface area (TPSA) is 52.9 Å². The number of amidine groups is 1. The highest BCUT2D eigenvalue weighted by Crippen LogP contribution is 2.25. The second-order valence-electron chi connectivity index (χ2n) is 9.60. The van der Waals surface area contributed by atoms with Gasteiger partial charge in [0.05, 0.1) is 6.54 Å². The molecule has 6 nitrogen and oxygen atoms in total. The maximum atomic E-state index is 13.0. The van der Waals surface area contributed by atoms with E-state index in [0.717, 1.165) is 55.2 Å². The van der Waals surface area contributed by atoms with Crippen LogP contribution in [0.5, 0.6) is 0 Å². The standard InChI is InChI=1S/C30H36ClN5O/c1-5-22(3)29(32-25-12-14-26(15-13-25)35-19-17-34(4)18-20-35)33-30-23(6-2)11-16-28(37)36(30)21-24-9-7-8-10-27(24)31/h6-16,22H,2,5,17-21H2,1,3-4H3,(H,32,33). The monoisotopic (exact) mass is 517 g/mol. The minimum Gasteiger partial charge on any atom is -0.369 e. The molecule has 0 spiro atoms. The van der Waals surface area contributed by atoms with E-state index in [1.54, 1.807) is 22.8 Å². The number of likely N-dealkylation sites (N-methyl/N-ethyl adjacent to an activating group) is 1. The van der Waals surface area contributed by atoms with Gasteiger partial charge in [0, 0.05) is 60.1 Å². The molecule has 1 atom stereocenters. The van der Waals surface area contributed by atoms with Gasteiger partial charge < -0.3 is 15.1 Å². The van der Waals surface area contributed by atoms with Crippen LogP contribution >= 0.6 is 11.6 Å². The van der Waals surface area contributed by atoms with Gasteiger partial charge in [-0.2, -0.15) is 0 Å². The van der Waals surface area contributed by atoms with Gasteiger partial charge >= 0.3 is 0 Å². The van der Waals surface area contributed by atoms with Crippen molar-refractivity contribution in [3.63, 3.8) is 0 Å². The van der Waals surface area contributed by atoms with Crippen LogP contribution < -0.4 is 15.8 Å². The predicted octanol–water partition coefficient (Wildman–Crippen LogP) is 6.13. The third-order valence-electron chi connectivity index (χ3n) is 7.01. The molecule has 0 saturated carbocycles. The van der Waals surface area contributed by atoms with Crippen LogP contribution in [0.15, 0.2) is 77.0 Å². The first-order valence-electron chi connectivity index (χ1n) is 12.9. The van der Waals surface area contributed by atoms with Crippen molar-refractivity contribution in [3.8, 4) is 0 Å². The lowest BCUT2D eigenvalue weighted by molar-refractivity contribution is 0.313. The molecular formula is C30H36ClN5O. The quantitative estimate of drug-likeness (QED) is 0.288. The van der Waals surface area contributed by atoms with E-state index in [-0.39, 0.29) is 11.5 Å². The number of halogens is 1. The average molecular weight is 518 g/mol. The van der Waals surface area contributed by atoms with Crippen molar-refractivity contribution in [3.05, 3.63) is 93.7 Å². The molecule has 0 radical (unpaired) electrons. The fourth-order valence-electron chi connectivity index (χ4n) is 4.36. The van der Waals surface area contributed by atoms with Gasteiger partial charge in [0.1, 0.15) is 11.7 Å². The second kappa shape index (κ2) is 12.3. The van der Waals surface area contributed by atoms with Crippen molar-refractivity contribution in [2.24, 2.45) is 10.9 Å². The van der Waals surface area contributed by atoms with E-state index in [9.17, 15) is 4.79 Å². The largest absolute Gasteiger partial charge is 0.369 e. The van der Waals surface area contributed by atoms with Crippen molar-refractivity contribution < 1.29 is 0 Å². The normalized spacial score (nSPS) is 15.5. The van der Waals surface area contributed by atoms with Gasteiger partial charge in [-0.25, -0.2) is 4.99 Å². The summed E-state index contributed by atoms with van der Waals surface area (Å²) < 4.78 is 1.67. The summed E-state index contributed by atoms with van der Waals surface area (Å²) in [4.78, 5) is 22.8. The Hall–Kier alpha value is -3.35. The molecule has 1 aromatic heterocycles. The first-order chi connectivity index (χ1) is 17.9. The Kier molecular flexibility index (Phi) is 8.85. The van der Waals surface area contributed by atoms with Gasteiger partial charge in [0.25, 0.3) is 5.56 Å². The zero-order valence-electron chi connectivity index (χ0n) is 22.0. The lowest BCUT2D eigenvalue weighted by atomic mass is 10.1. The van der Waals surface area contributed by atoms with E-state index < -0.39 is 0 Å². The Labute approximate surface area is 224 Å². The number of hydrogen-bond donors (Lipinski definition) is 1. The Bertz CT molecular complexity index is 1310. The number of aliphatic imine (C=N–C) groups is 1. The number of hydrogen-bond acceptors (Lipinski definition) is 4. The Morgan fingerprint density at radius 1 is 1.08 bits per heavy atom. The lowest BCUT2D eigenvalue weighted by Crippen LogP contribution is -2.44. The molecule has 7 heteroatoms. The van der Waals surface area contributed by atoms with Crippen LogP contribution in [0.2, 0.25) is 5.02 Å².